The molecular weight excluding hydrogens is 368 g/mol. The predicted octanol–water partition coefficient (Wildman–Crippen LogP) is 5.12. The number of benzene rings is 2. The molecule has 0 spiro atoms. The molecule has 0 aliphatic carbocycles. The molecule has 0 atom stereocenters. The number of halogens is 1. The topological polar surface area (TPSA) is 88.8 Å². The van der Waals surface area contributed by atoms with E-state index < -0.39 is 0 Å². The molecule has 2 aromatic heterocycles. The molecule has 0 radical (unpaired) electrons. The number of hydrogen-bond acceptors (Lipinski definition) is 7. The second kappa shape index (κ2) is 6.78. The second-order valence-corrected chi connectivity index (χ2v) is 7.20. The second-order valence-electron chi connectivity index (χ2n) is 5.73. The highest BCUT2D eigenvalue weighted by atomic mass is 35.5. The van der Waals surface area contributed by atoms with Crippen molar-refractivity contribution in [3.8, 4) is 0 Å². The number of nitrogens with two attached hydrogens (primary N) is 1. The van der Waals surface area contributed by atoms with Gasteiger partial charge in [-0.2, -0.15) is 0 Å². The van der Waals surface area contributed by atoms with Gasteiger partial charge in [0.25, 0.3) is 0 Å². The highest BCUT2D eigenvalue weighted by molar-refractivity contribution is 7.22. The highest BCUT2D eigenvalue weighted by Crippen LogP contribution is 2.32. The van der Waals surface area contributed by atoms with Crippen LogP contribution in [0.4, 0.5) is 28.1 Å². The third-order valence-corrected chi connectivity index (χ3v) is 4.95. The maximum Gasteiger partial charge on any atom is 0.189 e. The largest absolute Gasteiger partial charge is 0.393 e. The van der Waals surface area contributed by atoms with Gasteiger partial charge in [0, 0.05) is 10.7 Å². The fourth-order valence-electron chi connectivity index (χ4n) is 2.45. The van der Waals surface area contributed by atoms with E-state index in [0.29, 0.717) is 22.3 Å². The molecule has 0 unspecified atom stereocenters. The number of aryl methyl sites for hydroxylation is 1. The Morgan fingerprint density at radius 3 is 2.50 bits per heavy atom. The molecule has 6 nitrogen and oxygen atoms in total. The van der Waals surface area contributed by atoms with Gasteiger partial charge in [0.1, 0.15) is 12.0 Å². The number of aromatic nitrogens is 3. The van der Waals surface area contributed by atoms with E-state index in [4.69, 9.17) is 17.3 Å². The summed E-state index contributed by atoms with van der Waals surface area (Å²) in [5, 5.41) is 7.75. The maximum absolute atomic E-state index is 6.23. The van der Waals surface area contributed by atoms with Crippen molar-refractivity contribution in [1.29, 1.82) is 0 Å². The number of rotatable bonds is 4. The number of fused-ring (bicyclic) bond motifs is 1. The first kappa shape index (κ1) is 16.6. The normalized spacial score (nSPS) is 10.8. The average Bonchev–Trinajstić information content (AvgIpc) is 3.02. The summed E-state index contributed by atoms with van der Waals surface area (Å²) in [6.45, 7) is 2.06. The number of anilines is 5. The van der Waals surface area contributed by atoms with Gasteiger partial charge in [0.2, 0.25) is 0 Å². The van der Waals surface area contributed by atoms with E-state index in [1.165, 1.54) is 11.9 Å². The van der Waals surface area contributed by atoms with Crippen LogP contribution in [0.2, 0.25) is 5.02 Å². The quantitative estimate of drug-likeness (QED) is 0.454. The van der Waals surface area contributed by atoms with Crippen molar-refractivity contribution >= 4 is 61.3 Å². The minimum absolute atomic E-state index is 0.415. The average molecular weight is 383 g/mol. The molecule has 0 saturated carbocycles. The minimum atomic E-state index is 0.415. The van der Waals surface area contributed by atoms with Crippen molar-refractivity contribution in [2.75, 3.05) is 16.4 Å². The van der Waals surface area contributed by atoms with Gasteiger partial charge >= 0.3 is 0 Å². The SMILES string of the molecule is Cc1ccc2nc(Nc3ncnc(Nc4ccc(Cl)cc4)c3N)sc2c1. The molecule has 0 aliphatic heterocycles. The summed E-state index contributed by atoms with van der Waals surface area (Å²) in [6.07, 6.45) is 1.45. The summed E-state index contributed by atoms with van der Waals surface area (Å²) in [5.41, 5.74) is 9.62. The lowest BCUT2D eigenvalue weighted by Crippen LogP contribution is -2.05. The molecule has 2 aromatic carbocycles. The molecule has 0 fully saturated rings. The lowest BCUT2D eigenvalue weighted by atomic mass is 10.2. The van der Waals surface area contributed by atoms with Gasteiger partial charge < -0.3 is 16.4 Å². The Morgan fingerprint density at radius 1 is 1.00 bits per heavy atom. The molecule has 4 N–H and O–H groups in total. The van der Waals surface area contributed by atoms with E-state index in [2.05, 4.69) is 38.6 Å². The molecule has 0 aliphatic rings. The molecule has 0 bridgehead atoms. The van der Waals surface area contributed by atoms with Crippen LogP contribution in [0.25, 0.3) is 10.2 Å². The minimum Gasteiger partial charge on any atom is -0.393 e. The zero-order chi connectivity index (χ0) is 18.1. The van der Waals surface area contributed by atoms with Gasteiger partial charge in [-0.15, -0.1) is 0 Å². The molecule has 26 heavy (non-hydrogen) atoms. The first-order valence-corrected chi connectivity index (χ1v) is 9.05. The molecule has 0 amide bonds. The van der Waals surface area contributed by atoms with Crippen LogP contribution in [0.1, 0.15) is 5.56 Å². The lowest BCUT2D eigenvalue weighted by Gasteiger charge is -2.11. The van der Waals surface area contributed by atoms with Crippen LogP contribution in [0.5, 0.6) is 0 Å². The Labute approximate surface area is 159 Å². The maximum atomic E-state index is 6.23. The van der Waals surface area contributed by atoms with Crippen LogP contribution >= 0.6 is 22.9 Å². The third-order valence-electron chi connectivity index (χ3n) is 3.76. The van der Waals surface area contributed by atoms with Gasteiger partial charge in [-0.3, -0.25) is 0 Å². The van der Waals surface area contributed by atoms with E-state index in [1.54, 1.807) is 23.5 Å². The monoisotopic (exact) mass is 382 g/mol. The number of nitrogens with zero attached hydrogens (tertiary/aromatic N) is 3. The standard InChI is InChI=1S/C18H15ClN6S/c1-10-2-7-13-14(8-10)26-18(24-13)25-17-15(20)16(21-9-22-17)23-12-5-3-11(19)4-6-12/h2-9H,20H2,1H3,(H2,21,22,23,24,25). The summed E-state index contributed by atoms with van der Waals surface area (Å²) in [6, 6.07) is 13.4. The first-order chi connectivity index (χ1) is 12.6. The fourth-order valence-corrected chi connectivity index (χ4v) is 3.54. The summed E-state index contributed by atoms with van der Waals surface area (Å²) in [5.74, 6) is 1.02. The van der Waals surface area contributed by atoms with Gasteiger partial charge in [0.05, 0.1) is 10.2 Å². The highest BCUT2D eigenvalue weighted by Gasteiger charge is 2.11. The zero-order valence-corrected chi connectivity index (χ0v) is 15.4. The Balaban J connectivity index is 1.61. The molecule has 2 heterocycles. The van der Waals surface area contributed by atoms with Crippen LogP contribution in [0, 0.1) is 6.92 Å². The summed E-state index contributed by atoms with van der Waals surface area (Å²) >= 11 is 7.46. The first-order valence-electron chi connectivity index (χ1n) is 7.86. The molecular formula is C18H15ClN6S. The Bertz CT molecular complexity index is 1080. The van der Waals surface area contributed by atoms with E-state index in [0.717, 1.165) is 21.0 Å². The number of thiazole rings is 1. The smallest absolute Gasteiger partial charge is 0.189 e. The summed E-state index contributed by atoms with van der Waals surface area (Å²) in [7, 11) is 0. The third kappa shape index (κ3) is 3.40. The van der Waals surface area contributed by atoms with Gasteiger partial charge in [-0.1, -0.05) is 29.0 Å². The number of hydrogen-bond donors (Lipinski definition) is 3. The van der Waals surface area contributed by atoms with Crippen molar-refractivity contribution in [1.82, 2.24) is 15.0 Å². The van der Waals surface area contributed by atoms with Crippen molar-refractivity contribution < 1.29 is 0 Å². The van der Waals surface area contributed by atoms with Crippen LogP contribution in [0.3, 0.4) is 0 Å². The molecule has 0 saturated heterocycles. The Hall–Kier alpha value is -2.90. The van der Waals surface area contributed by atoms with E-state index in [9.17, 15) is 0 Å². The van der Waals surface area contributed by atoms with Crippen LogP contribution < -0.4 is 16.4 Å². The molecule has 130 valence electrons. The van der Waals surface area contributed by atoms with Crippen molar-refractivity contribution in [2.45, 2.75) is 6.92 Å². The van der Waals surface area contributed by atoms with Crippen LogP contribution in [0.15, 0.2) is 48.8 Å². The molecule has 4 rings (SSSR count). The van der Waals surface area contributed by atoms with E-state index in [1.807, 2.05) is 24.3 Å². The van der Waals surface area contributed by atoms with Crippen LogP contribution in [-0.2, 0) is 0 Å². The van der Waals surface area contributed by atoms with Gasteiger partial charge in [0.15, 0.2) is 16.8 Å². The van der Waals surface area contributed by atoms with Crippen LogP contribution in [-0.4, -0.2) is 15.0 Å². The fraction of sp³-hybridized carbons (Fsp3) is 0.0556. The van der Waals surface area contributed by atoms with Crippen molar-refractivity contribution in [3.63, 3.8) is 0 Å². The Kier molecular flexibility index (Phi) is 4.32. The molecule has 8 heteroatoms. The zero-order valence-electron chi connectivity index (χ0n) is 13.8. The van der Waals surface area contributed by atoms with Gasteiger partial charge in [-0.05, 0) is 48.9 Å². The molecule has 4 aromatic rings. The van der Waals surface area contributed by atoms with E-state index >= 15 is 0 Å². The Morgan fingerprint density at radius 2 is 1.73 bits per heavy atom. The van der Waals surface area contributed by atoms with Gasteiger partial charge in [-0.25, -0.2) is 15.0 Å². The lowest BCUT2D eigenvalue weighted by molar-refractivity contribution is 1.17. The predicted molar refractivity (Wildman–Crippen MR) is 109 cm³/mol. The summed E-state index contributed by atoms with van der Waals surface area (Å²) in [4.78, 5) is 13.0. The van der Waals surface area contributed by atoms with E-state index in [-0.39, 0.29) is 0 Å². The summed E-state index contributed by atoms with van der Waals surface area (Å²) < 4.78 is 1.11. The van der Waals surface area contributed by atoms with Crippen molar-refractivity contribution in [2.24, 2.45) is 0 Å². The van der Waals surface area contributed by atoms with Crippen molar-refractivity contribution in [3.05, 3.63) is 59.4 Å². The number of nitrogen functional groups attached to an aromatic ring is 1. The number of nitrogens with one attached hydrogen (secondary N) is 2.